The minimum atomic E-state index is 0. The number of aldehydes is 2. The van der Waals surface area contributed by atoms with Crippen LogP contribution in [0.5, 0.6) is 5.75 Å². The average Bonchev–Trinajstić information content (AvgIpc) is 2.88. The number of hydrogen-bond acceptors (Lipinski definition) is 3. The molecule has 0 aliphatic rings. The molecule has 0 bridgehead atoms. The van der Waals surface area contributed by atoms with Gasteiger partial charge in [0.05, 0.1) is 5.56 Å². The Bertz CT molecular complexity index is 933. The van der Waals surface area contributed by atoms with Crippen LogP contribution in [0.15, 0.2) is 121 Å². The number of para-hydroxylation sites is 1. The van der Waals surface area contributed by atoms with Crippen LogP contribution in [0.4, 0.5) is 0 Å². The van der Waals surface area contributed by atoms with Gasteiger partial charge in [0.2, 0.25) is 0 Å². The number of hydrogen-bond donors (Lipinski definition) is 1. The zero-order chi connectivity index (χ0) is 24.6. The molecule has 0 amide bonds. The van der Waals surface area contributed by atoms with Crippen LogP contribution < -0.4 is 0 Å². The van der Waals surface area contributed by atoms with E-state index in [1.807, 2.05) is 72.8 Å². The standard InChI is InChI=1S/C7H6O2.C7H6O.C7H8.C6H6.C3H8.C.2O/c8-5-6-3-1-2-4-7(6)9;8-6-7-4-2-1-3-5-7;1-7-5-3-2-4-6-7;1-2-4-6-5-3-1;1-3-2;;;/h1-5,9H;1-6H;2-6H,1H3;1-6H;3H2,1-2H3;;;/q;;;;;+4;2*-2. The van der Waals surface area contributed by atoms with Gasteiger partial charge in [-0.3, -0.25) is 9.59 Å². The van der Waals surface area contributed by atoms with Crippen molar-refractivity contribution in [2.24, 2.45) is 0 Å². The molecule has 1 N–H and O–H groups in total. The monoisotopic (exact) mass is 486 g/mol. The average molecular weight is 487 g/mol. The molecule has 0 unspecified atom stereocenters. The number of phenolic OH excluding ortho intramolecular Hbond substituents is 1. The first kappa shape index (κ1) is 39.2. The van der Waals surface area contributed by atoms with Gasteiger partial charge in [-0.2, -0.15) is 0 Å². The zero-order valence-corrected chi connectivity index (χ0v) is 21.0. The largest absolute Gasteiger partial charge is 4.00 e. The third kappa shape index (κ3) is 23.1. The van der Waals surface area contributed by atoms with Crippen molar-refractivity contribution in [1.82, 2.24) is 0 Å². The molecular weight excluding hydrogens is 452 g/mol. The topological polar surface area (TPSA) is 111 Å². The van der Waals surface area contributed by atoms with Crippen LogP contribution in [0.2, 0.25) is 0 Å². The molecule has 0 spiro atoms. The van der Waals surface area contributed by atoms with E-state index in [0.29, 0.717) is 11.8 Å². The van der Waals surface area contributed by atoms with E-state index < -0.39 is 0 Å². The van der Waals surface area contributed by atoms with Crippen molar-refractivity contribution < 1.29 is 25.6 Å². The van der Waals surface area contributed by atoms with Gasteiger partial charge in [-0.15, -0.1) is 0 Å². The summed E-state index contributed by atoms with van der Waals surface area (Å²) in [5.74, 6) is 0.0347. The van der Waals surface area contributed by atoms with Crippen LogP contribution in [0.3, 0.4) is 0 Å². The summed E-state index contributed by atoms with van der Waals surface area (Å²) in [7, 11) is 0. The first-order valence-corrected chi connectivity index (χ1v) is 10.8. The molecule has 0 radical (unpaired) electrons. The summed E-state index contributed by atoms with van der Waals surface area (Å²) in [6, 6.07) is 37.8. The van der Waals surface area contributed by atoms with Crippen LogP contribution in [-0.4, -0.2) is 17.7 Å². The number of benzene rings is 4. The van der Waals surface area contributed by atoms with E-state index in [4.69, 9.17) is 5.11 Å². The fraction of sp³-hybridized carbons (Fsp3) is 0.129. The van der Waals surface area contributed by atoms with Crippen LogP contribution in [0, 0.1) is 14.4 Å². The predicted octanol–water partition coefficient (Wildman–Crippen LogP) is 7.65. The first-order valence-electron chi connectivity index (χ1n) is 10.8. The Morgan fingerprint density at radius 3 is 1.17 bits per heavy atom. The summed E-state index contributed by atoms with van der Waals surface area (Å²) < 4.78 is 0. The van der Waals surface area contributed by atoms with Crippen LogP contribution in [0.1, 0.15) is 46.5 Å². The van der Waals surface area contributed by atoms with Gasteiger partial charge in [-0.1, -0.05) is 135 Å². The fourth-order valence-corrected chi connectivity index (χ4v) is 2.04. The number of rotatable bonds is 2. The maximum absolute atomic E-state index is 10.1. The Morgan fingerprint density at radius 2 is 0.917 bits per heavy atom. The Kier molecular flexibility index (Phi) is 31.5. The Labute approximate surface area is 216 Å². The van der Waals surface area contributed by atoms with Gasteiger partial charge in [0.15, 0.2) is 6.29 Å². The number of aromatic hydroxyl groups is 1. The minimum Gasteiger partial charge on any atom is -2.00 e. The van der Waals surface area contributed by atoms with Crippen molar-refractivity contribution >= 4 is 12.6 Å². The van der Waals surface area contributed by atoms with E-state index in [-0.39, 0.29) is 24.1 Å². The molecule has 4 rings (SSSR count). The number of aryl methyl sites for hydroxylation is 1. The van der Waals surface area contributed by atoms with Crippen LogP contribution >= 0.6 is 0 Å². The number of phenols is 1. The summed E-state index contributed by atoms with van der Waals surface area (Å²) in [5.41, 5.74) is 2.38. The molecule has 5 heteroatoms. The molecular formula is C31H34O5. The van der Waals surface area contributed by atoms with Crippen molar-refractivity contribution in [2.75, 3.05) is 0 Å². The summed E-state index contributed by atoms with van der Waals surface area (Å²) >= 11 is 0. The minimum absolute atomic E-state index is 0. The second-order valence-electron chi connectivity index (χ2n) is 6.72. The van der Waals surface area contributed by atoms with E-state index in [0.717, 1.165) is 11.8 Å². The molecule has 0 heterocycles. The van der Waals surface area contributed by atoms with Crippen molar-refractivity contribution in [2.45, 2.75) is 27.2 Å². The van der Waals surface area contributed by atoms with Gasteiger partial charge >= 0.3 is 7.43 Å². The molecule has 188 valence electrons. The normalized spacial score (nSPS) is 7.64. The molecule has 0 fully saturated rings. The molecule has 4 aromatic rings. The maximum atomic E-state index is 10.1. The van der Waals surface area contributed by atoms with E-state index in [1.165, 1.54) is 18.1 Å². The van der Waals surface area contributed by atoms with Gasteiger partial charge in [0.1, 0.15) is 12.0 Å². The fourth-order valence-electron chi connectivity index (χ4n) is 2.04. The molecule has 5 nitrogen and oxygen atoms in total. The molecule has 0 aromatic heterocycles. The van der Waals surface area contributed by atoms with E-state index >= 15 is 0 Å². The number of carbonyl (C=O) groups is 2. The van der Waals surface area contributed by atoms with Gasteiger partial charge in [0.25, 0.3) is 0 Å². The SMILES string of the molecule is CCC.Cc1ccccc1.O=Cc1ccccc1.O=Cc1ccccc1O.[C+4].[O-2].[O-2].c1ccccc1. The van der Waals surface area contributed by atoms with Gasteiger partial charge in [-0.25, -0.2) is 0 Å². The summed E-state index contributed by atoms with van der Waals surface area (Å²) in [6.45, 7) is 6.33. The molecule has 0 atom stereocenters. The maximum Gasteiger partial charge on any atom is 4.00 e. The van der Waals surface area contributed by atoms with Gasteiger partial charge in [0, 0.05) is 5.56 Å². The van der Waals surface area contributed by atoms with E-state index in [1.54, 1.807) is 30.3 Å². The quantitative estimate of drug-likeness (QED) is 0.294. The Hall–Kier alpha value is -4.06. The first-order chi connectivity index (χ1) is 16.1. The van der Waals surface area contributed by atoms with Gasteiger partial charge in [-0.05, 0) is 19.1 Å². The molecule has 4 aromatic carbocycles. The predicted molar refractivity (Wildman–Crippen MR) is 144 cm³/mol. The smallest absolute Gasteiger partial charge is 2.00 e. The van der Waals surface area contributed by atoms with Crippen molar-refractivity contribution in [1.29, 1.82) is 0 Å². The summed E-state index contributed by atoms with van der Waals surface area (Å²) in [5, 5.41) is 8.88. The van der Waals surface area contributed by atoms with E-state index in [9.17, 15) is 9.59 Å². The molecule has 0 aliphatic carbocycles. The zero-order valence-electron chi connectivity index (χ0n) is 21.0. The van der Waals surface area contributed by atoms with Crippen LogP contribution in [0.25, 0.3) is 0 Å². The second-order valence-corrected chi connectivity index (χ2v) is 6.72. The molecule has 0 saturated carbocycles. The van der Waals surface area contributed by atoms with Crippen molar-refractivity contribution in [3.05, 3.63) is 145 Å². The summed E-state index contributed by atoms with van der Waals surface area (Å²) in [6.07, 6.45) is 2.70. The molecule has 0 aliphatic heterocycles. The van der Waals surface area contributed by atoms with Crippen LogP contribution in [-0.2, 0) is 11.0 Å². The van der Waals surface area contributed by atoms with Crippen molar-refractivity contribution in [3.63, 3.8) is 0 Å². The Morgan fingerprint density at radius 1 is 0.583 bits per heavy atom. The van der Waals surface area contributed by atoms with Crippen molar-refractivity contribution in [3.8, 4) is 5.75 Å². The Balaban J connectivity index is -0.000000179. The third-order valence-electron chi connectivity index (χ3n) is 3.61. The third-order valence-corrected chi connectivity index (χ3v) is 3.61. The van der Waals surface area contributed by atoms with E-state index in [2.05, 4.69) is 32.9 Å². The van der Waals surface area contributed by atoms with Gasteiger partial charge < -0.3 is 16.1 Å². The second kappa shape index (κ2) is 29.0. The molecule has 0 saturated heterocycles. The summed E-state index contributed by atoms with van der Waals surface area (Å²) in [4.78, 5) is 20.1. The molecule has 36 heavy (non-hydrogen) atoms. The number of carbonyl (C=O) groups excluding carboxylic acids is 2.